The molecule has 5 nitrogen and oxygen atoms in total. The summed E-state index contributed by atoms with van der Waals surface area (Å²) in [6.45, 7) is 0. The Balaban J connectivity index is 1.97. The van der Waals surface area contributed by atoms with Crippen LogP contribution in [-0.4, -0.2) is 32.2 Å². The number of benzene rings is 3. The molecule has 0 saturated heterocycles. The van der Waals surface area contributed by atoms with Gasteiger partial charge in [0.25, 0.3) is 5.91 Å². The molecule has 1 aromatic heterocycles. The van der Waals surface area contributed by atoms with E-state index >= 15 is 0 Å². The lowest BCUT2D eigenvalue weighted by Crippen LogP contribution is -2.19. The fourth-order valence-electron chi connectivity index (χ4n) is 3.33. The minimum absolute atomic E-state index is 0.218. The van der Waals surface area contributed by atoms with E-state index in [4.69, 9.17) is 9.47 Å². The highest BCUT2D eigenvalue weighted by molar-refractivity contribution is 6.03. The molecule has 0 unspecified atom stereocenters. The van der Waals surface area contributed by atoms with Gasteiger partial charge in [-0.05, 0) is 64.4 Å². The van der Waals surface area contributed by atoms with E-state index < -0.39 is 0 Å². The SMILES string of the molecule is CNC(=O)c1cc(-c2ccc3cc(OC)ccc3c2)c2cc(OC)ccc2n1. The maximum Gasteiger partial charge on any atom is 0.269 e. The predicted molar refractivity (Wildman–Crippen MR) is 111 cm³/mol. The van der Waals surface area contributed by atoms with Gasteiger partial charge in [0.05, 0.1) is 19.7 Å². The number of fused-ring (bicyclic) bond motifs is 2. The summed E-state index contributed by atoms with van der Waals surface area (Å²) in [5, 5.41) is 5.76. The van der Waals surface area contributed by atoms with Gasteiger partial charge in [0.15, 0.2) is 0 Å². The minimum atomic E-state index is -0.218. The fraction of sp³-hybridized carbons (Fsp3) is 0.130. The molecule has 0 bridgehead atoms. The molecule has 4 aromatic rings. The first-order valence-corrected chi connectivity index (χ1v) is 8.92. The number of amides is 1. The van der Waals surface area contributed by atoms with E-state index in [1.165, 1.54) is 0 Å². The van der Waals surface area contributed by atoms with E-state index in [-0.39, 0.29) is 5.91 Å². The van der Waals surface area contributed by atoms with Crippen molar-refractivity contribution in [2.24, 2.45) is 0 Å². The maximum absolute atomic E-state index is 12.2. The van der Waals surface area contributed by atoms with E-state index in [0.29, 0.717) is 5.69 Å². The highest BCUT2D eigenvalue weighted by Gasteiger charge is 2.14. The van der Waals surface area contributed by atoms with Crippen LogP contribution >= 0.6 is 0 Å². The van der Waals surface area contributed by atoms with Crippen LogP contribution in [0.2, 0.25) is 0 Å². The first-order valence-electron chi connectivity index (χ1n) is 8.92. The van der Waals surface area contributed by atoms with Crippen LogP contribution in [0.25, 0.3) is 32.8 Å². The lowest BCUT2D eigenvalue weighted by atomic mass is 9.97. The molecule has 1 N–H and O–H groups in total. The Labute approximate surface area is 162 Å². The zero-order valence-corrected chi connectivity index (χ0v) is 15.9. The van der Waals surface area contributed by atoms with Crippen molar-refractivity contribution in [2.75, 3.05) is 21.3 Å². The van der Waals surface area contributed by atoms with Crippen molar-refractivity contribution in [2.45, 2.75) is 0 Å². The number of nitrogens with zero attached hydrogens (tertiary/aromatic N) is 1. The Morgan fingerprint density at radius 2 is 1.54 bits per heavy atom. The van der Waals surface area contributed by atoms with E-state index in [0.717, 1.165) is 44.3 Å². The number of ether oxygens (including phenoxy) is 2. The van der Waals surface area contributed by atoms with Crippen molar-refractivity contribution < 1.29 is 14.3 Å². The zero-order valence-electron chi connectivity index (χ0n) is 15.9. The summed E-state index contributed by atoms with van der Waals surface area (Å²) in [7, 11) is 4.90. The summed E-state index contributed by atoms with van der Waals surface area (Å²) in [6, 6.07) is 19.7. The number of hydrogen-bond acceptors (Lipinski definition) is 4. The molecule has 1 heterocycles. The fourth-order valence-corrected chi connectivity index (χ4v) is 3.33. The molecule has 140 valence electrons. The second kappa shape index (κ2) is 7.19. The summed E-state index contributed by atoms with van der Waals surface area (Å²) >= 11 is 0. The van der Waals surface area contributed by atoms with Crippen LogP contribution in [0, 0.1) is 0 Å². The number of rotatable bonds is 4. The summed E-state index contributed by atoms with van der Waals surface area (Å²) in [5.41, 5.74) is 3.06. The summed E-state index contributed by atoms with van der Waals surface area (Å²) in [4.78, 5) is 16.7. The van der Waals surface area contributed by atoms with Gasteiger partial charge in [0.1, 0.15) is 17.2 Å². The predicted octanol–water partition coefficient (Wildman–Crippen LogP) is 4.43. The quantitative estimate of drug-likeness (QED) is 0.576. The lowest BCUT2D eigenvalue weighted by molar-refractivity contribution is 0.0958. The van der Waals surface area contributed by atoms with E-state index in [1.807, 2.05) is 48.5 Å². The molecule has 0 fully saturated rings. The molecule has 28 heavy (non-hydrogen) atoms. The second-order valence-electron chi connectivity index (χ2n) is 6.45. The first-order chi connectivity index (χ1) is 13.6. The third-order valence-corrected chi connectivity index (χ3v) is 4.83. The standard InChI is InChI=1S/C23H20N2O3/c1-24-23(26)22-13-19(20-12-18(28-3)8-9-21(20)25-22)16-5-4-15-11-17(27-2)7-6-14(15)10-16/h4-13H,1-3H3,(H,24,26). The molecule has 0 aliphatic heterocycles. The Hall–Kier alpha value is -3.60. The van der Waals surface area contributed by atoms with Gasteiger partial charge in [-0.3, -0.25) is 4.79 Å². The molecular weight excluding hydrogens is 352 g/mol. The molecule has 0 spiro atoms. The van der Waals surface area contributed by atoms with Gasteiger partial charge in [-0.15, -0.1) is 0 Å². The summed E-state index contributed by atoms with van der Waals surface area (Å²) in [6.07, 6.45) is 0. The van der Waals surface area contributed by atoms with Crippen LogP contribution < -0.4 is 14.8 Å². The first kappa shape index (κ1) is 17.8. The van der Waals surface area contributed by atoms with Crippen LogP contribution in [0.4, 0.5) is 0 Å². The molecule has 4 rings (SSSR count). The number of pyridine rings is 1. The molecule has 0 aliphatic carbocycles. The molecule has 5 heteroatoms. The van der Waals surface area contributed by atoms with Gasteiger partial charge in [-0.1, -0.05) is 18.2 Å². The summed E-state index contributed by atoms with van der Waals surface area (Å²) in [5.74, 6) is 1.35. The van der Waals surface area contributed by atoms with Crippen LogP contribution in [-0.2, 0) is 0 Å². The Bertz CT molecular complexity index is 1200. The number of carbonyl (C=O) groups excluding carboxylic acids is 1. The molecule has 1 amide bonds. The van der Waals surface area contributed by atoms with Crippen molar-refractivity contribution in [3.8, 4) is 22.6 Å². The Morgan fingerprint density at radius 3 is 2.29 bits per heavy atom. The van der Waals surface area contributed by atoms with Crippen molar-refractivity contribution in [1.29, 1.82) is 0 Å². The average Bonchev–Trinajstić information content (AvgIpc) is 2.76. The van der Waals surface area contributed by atoms with E-state index in [2.05, 4.69) is 22.4 Å². The highest BCUT2D eigenvalue weighted by atomic mass is 16.5. The van der Waals surface area contributed by atoms with Crippen molar-refractivity contribution in [1.82, 2.24) is 10.3 Å². The van der Waals surface area contributed by atoms with Crippen LogP contribution in [0.1, 0.15) is 10.5 Å². The Morgan fingerprint density at radius 1 is 0.857 bits per heavy atom. The van der Waals surface area contributed by atoms with Gasteiger partial charge in [-0.25, -0.2) is 4.98 Å². The van der Waals surface area contributed by atoms with Crippen LogP contribution in [0.3, 0.4) is 0 Å². The zero-order chi connectivity index (χ0) is 19.7. The monoisotopic (exact) mass is 372 g/mol. The number of methoxy groups -OCH3 is 2. The average molecular weight is 372 g/mol. The molecule has 0 radical (unpaired) electrons. The molecule has 3 aromatic carbocycles. The second-order valence-corrected chi connectivity index (χ2v) is 6.45. The van der Waals surface area contributed by atoms with Crippen LogP contribution in [0.5, 0.6) is 11.5 Å². The lowest BCUT2D eigenvalue weighted by Gasteiger charge is -2.12. The van der Waals surface area contributed by atoms with Crippen LogP contribution in [0.15, 0.2) is 60.7 Å². The Kier molecular flexibility index (Phi) is 4.57. The van der Waals surface area contributed by atoms with Crippen molar-refractivity contribution in [3.05, 3.63) is 66.4 Å². The third-order valence-electron chi connectivity index (χ3n) is 4.83. The van der Waals surface area contributed by atoms with Gasteiger partial charge in [0, 0.05) is 12.4 Å². The van der Waals surface area contributed by atoms with Gasteiger partial charge in [-0.2, -0.15) is 0 Å². The topological polar surface area (TPSA) is 60.5 Å². The number of carbonyl (C=O) groups is 1. The molecule has 0 atom stereocenters. The molecule has 0 saturated carbocycles. The van der Waals surface area contributed by atoms with Crippen molar-refractivity contribution in [3.63, 3.8) is 0 Å². The largest absolute Gasteiger partial charge is 0.497 e. The smallest absolute Gasteiger partial charge is 0.269 e. The number of hydrogen-bond donors (Lipinski definition) is 1. The highest BCUT2D eigenvalue weighted by Crippen LogP contribution is 2.33. The van der Waals surface area contributed by atoms with Gasteiger partial charge >= 0.3 is 0 Å². The maximum atomic E-state index is 12.2. The third kappa shape index (κ3) is 3.11. The number of nitrogens with one attached hydrogen (secondary N) is 1. The molecular formula is C23H20N2O3. The van der Waals surface area contributed by atoms with Gasteiger partial charge in [0.2, 0.25) is 0 Å². The van der Waals surface area contributed by atoms with Crippen molar-refractivity contribution >= 4 is 27.6 Å². The van der Waals surface area contributed by atoms with Gasteiger partial charge < -0.3 is 14.8 Å². The normalized spacial score (nSPS) is 10.8. The molecule has 0 aliphatic rings. The minimum Gasteiger partial charge on any atom is -0.497 e. The number of aromatic nitrogens is 1. The van der Waals surface area contributed by atoms with E-state index in [1.54, 1.807) is 21.3 Å². The summed E-state index contributed by atoms with van der Waals surface area (Å²) < 4.78 is 10.7. The van der Waals surface area contributed by atoms with E-state index in [9.17, 15) is 4.79 Å².